The van der Waals surface area contributed by atoms with Crippen LogP contribution in [-0.2, 0) is 4.79 Å². The van der Waals surface area contributed by atoms with Crippen LogP contribution in [0.4, 0.5) is 4.79 Å². The van der Waals surface area contributed by atoms with Crippen molar-refractivity contribution < 1.29 is 14.7 Å². The average Bonchev–Trinajstić information content (AvgIpc) is 1.86. The summed E-state index contributed by atoms with van der Waals surface area (Å²) in [5.41, 5.74) is 2.17. The lowest BCUT2D eigenvalue weighted by atomic mass is 10.3. The molecule has 0 saturated heterocycles. The van der Waals surface area contributed by atoms with Gasteiger partial charge < -0.3 is 15.2 Å². The highest BCUT2D eigenvalue weighted by atomic mass is 16.4. The maximum absolute atomic E-state index is 10.0. The number of hydrazine groups is 1. The van der Waals surface area contributed by atoms with E-state index in [0.29, 0.717) is 6.29 Å². The van der Waals surface area contributed by atoms with Crippen LogP contribution in [0.15, 0.2) is 0 Å². The number of aldehydes is 1. The number of carbonyl (C=O) groups is 2. The Balaban J connectivity index is 3.59. The second kappa shape index (κ2) is 4.71. The third-order valence-electron chi connectivity index (χ3n) is 0.811. The number of amides is 1. The van der Waals surface area contributed by atoms with Crippen molar-refractivity contribution in [1.82, 2.24) is 10.7 Å². The van der Waals surface area contributed by atoms with Gasteiger partial charge in [0.1, 0.15) is 12.3 Å². The highest BCUT2D eigenvalue weighted by Gasteiger charge is 2.07. The molecule has 1 amide bonds. The lowest BCUT2D eigenvalue weighted by molar-refractivity contribution is -0.109. The lowest BCUT2D eigenvalue weighted by Crippen LogP contribution is -2.44. The van der Waals surface area contributed by atoms with Crippen LogP contribution in [0.25, 0.3) is 0 Å². The zero-order valence-corrected chi connectivity index (χ0v) is 5.20. The van der Waals surface area contributed by atoms with Crippen LogP contribution in [0.1, 0.15) is 0 Å². The van der Waals surface area contributed by atoms with Gasteiger partial charge in [0.15, 0.2) is 0 Å². The van der Waals surface area contributed by atoms with Gasteiger partial charge in [0.05, 0.1) is 0 Å². The molecule has 0 aliphatic carbocycles. The van der Waals surface area contributed by atoms with Crippen molar-refractivity contribution in [3.05, 3.63) is 0 Å². The Hall–Kier alpha value is -1.14. The molecule has 0 saturated carbocycles. The number of nitrogens with two attached hydrogens (primary N) is 1. The van der Waals surface area contributed by atoms with Crippen LogP contribution in [0.3, 0.4) is 0 Å². The van der Waals surface area contributed by atoms with E-state index in [1.807, 2.05) is 5.32 Å². The summed E-state index contributed by atoms with van der Waals surface area (Å²) in [6.07, 6.45) is -0.777. The van der Waals surface area contributed by atoms with Gasteiger partial charge in [-0.25, -0.2) is 4.79 Å². The van der Waals surface area contributed by atoms with Gasteiger partial charge in [-0.05, 0) is 0 Å². The first kappa shape index (κ1) is 8.86. The maximum atomic E-state index is 10.0. The zero-order valence-electron chi connectivity index (χ0n) is 5.20. The molecule has 6 nitrogen and oxygen atoms in total. The summed E-state index contributed by atoms with van der Waals surface area (Å²) in [6, 6.07) is -0.775. The van der Waals surface area contributed by atoms with Crippen LogP contribution in [0.2, 0.25) is 0 Å². The number of nitrogens with one attached hydrogen (secondary N) is 2. The fourth-order valence-corrected chi connectivity index (χ4v) is 0.419. The van der Waals surface area contributed by atoms with Gasteiger partial charge >= 0.3 is 6.09 Å². The number of carboxylic acid groups (broad SMARTS) is 1. The minimum absolute atomic E-state index is 0.0931. The SMILES string of the molecule is NNCC(C=O)NC(=O)O. The molecule has 5 N–H and O–H groups in total. The Labute approximate surface area is 57.4 Å². The molecule has 1 atom stereocenters. The molecule has 0 radical (unpaired) electrons. The largest absolute Gasteiger partial charge is 0.465 e. The van der Waals surface area contributed by atoms with Crippen molar-refractivity contribution in [2.75, 3.05) is 6.54 Å². The number of hydrogen-bond acceptors (Lipinski definition) is 4. The van der Waals surface area contributed by atoms with E-state index in [9.17, 15) is 9.59 Å². The molecule has 58 valence electrons. The van der Waals surface area contributed by atoms with E-state index < -0.39 is 12.1 Å². The van der Waals surface area contributed by atoms with Gasteiger partial charge in [-0.1, -0.05) is 0 Å². The Kier molecular flexibility index (Phi) is 4.17. The fourth-order valence-electron chi connectivity index (χ4n) is 0.419. The fraction of sp³-hybridized carbons (Fsp3) is 0.500. The van der Waals surface area contributed by atoms with Crippen LogP contribution in [-0.4, -0.2) is 30.1 Å². The molecule has 0 aromatic rings. The van der Waals surface area contributed by atoms with E-state index in [1.165, 1.54) is 0 Å². The van der Waals surface area contributed by atoms with Crippen molar-refractivity contribution in [3.8, 4) is 0 Å². The van der Waals surface area contributed by atoms with E-state index in [1.54, 1.807) is 0 Å². The minimum atomic E-state index is -1.24. The molecule has 0 heterocycles. The van der Waals surface area contributed by atoms with Gasteiger partial charge in [-0.15, -0.1) is 0 Å². The summed E-state index contributed by atoms with van der Waals surface area (Å²) in [7, 11) is 0. The summed E-state index contributed by atoms with van der Waals surface area (Å²) in [5.74, 6) is 4.84. The molecule has 0 spiro atoms. The van der Waals surface area contributed by atoms with Crippen LogP contribution in [0, 0.1) is 0 Å². The second-order valence-corrected chi connectivity index (χ2v) is 1.60. The molecule has 10 heavy (non-hydrogen) atoms. The van der Waals surface area contributed by atoms with Gasteiger partial charge in [0.2, 0.25) is 0 Å². The van der Waals surface area contributed by atoms with Crippen LogP contribution in [0.5, 0.6) is 0 Å². The predicted octanol–water partition coefficient (Wildman–Crippen LogP) is -1.72. The molecule has 1 unspecified atom stereocenters. The molecular weight excluding hydrogens is 138 g/mol. The molecule has 0 aliphatic rings. The third kappa shape index (κ3) is 3.81. The van der Waals surface area contributed by atoms with Gasteiger partial charge in [-0.3, -0.25) is 11.3 Å². The second-order valence-electron chi connectivity index (χ2n) is 1.60. The van der Waals surface area contributed by atoms with E-state index in [0.717, 1.165) is 0 Å². The predicted molar refractivity (Wildman–Crippen MR) is 33.2 cm³/mol. The normalized spacial score (nSPS) is 12.1. The van der Waals surface area contributed by atoms with Gasteiger partial charge in [0, 0.05) is 6.54 Å². The van der Waals surface area contributed by atoms with Gasteiger partial charge in [-0.2, -0.15) is 0 Å². The minimum Gasteiger partial charge on any atom is -0.465 e. The molecule has 0 rings (SSSR count). The quantitative estimate of drug-likeness (QED) is 0.215. The Morgan fingerprint density at radius 2 is 2.40 bits per heavy atom. The van der Waals surface area contributed by atoms with Crippen molar-refractivity contribution in [3.63, 3.8) is 0 Å². The first-order valence-corrected chi connectivity index (χ1v) is 2.59. The van der Waals surface area contributed by atoms with E-state index in [4.69, 9.17) is 10.9 Å². The average molecular weight is 147 g/mol. The van der Waals surface area contributed by atoms with Crippen molar-refractivity contribution in [1.29, 1.82) is 0 Å². The van der Waals surface area contributed by atoms with E-state index >= 15 is 0 Å². The third-order valence-corrected chi connectivity index (χ3v) is 0.811. The smallest absolute Gasteiger partial charge is 0.405 e. The summed E-state index contributed by atoms with van der Waals surface area (Å²) in [6.45, 7) is 0.0931. The molecule has 6 heteroatoms. The molecule has 0 aliphatic heterocycles. The topological polar surface area (TPSA) is 104 Å². The van der Waals surface area contributed by atoms with E-state index in [-0.39, 0.29) is 6.54 Å². The molecule has 0 aromatic heterocycles. The molecule has 0 fully saturated rings. The highest BCUT2D eigenvalue weighted by molar-refractivity contribution is 5.71. The lowest BCUT2D eigenvalue weighted by Gasteiger charge is -2.07. The molecule has 0 aromatic carbocycles. The zero-order chi connectivity index (χ0) is 7.98. The van der Waals surface area contributed by atoms with Crippen LogP contribution >= 0.6 is 0 Å². The van der Waals surface area contributed by atoms with Gasteiger partial charge in [0.25, 0.3) is 0 Å². The Morgan fingerprint density at radius 1 is 1.80 bits per heavy atom. The highest BCUT2D eigenvalue weighted by Crippen LogP contribution is 1.73. The monoisotopic (exact) mass is 147 g/mol. The Bertz CT molecular complexity index is 127. The number of rotatable bonds is 4. The summed E-state index contributed by atoms with van der Waals surface area (Å²) < 4.78 is 0. The van der Waals surface area contributed by atoms with E-state index in [2.05, 4.69) is 5.43 Å². The summed E-state index contributed by atoms with van der Waals surface area (Å²) >= 11 is 0. The number of hydrogen-bond donors (Lipinski definition) is 4. The maximum Gasteiger partial charge on any atom is 0.405 e. The first-order chi connectivity index (χ1) is 4.70. The molecular formula is C4H9N3O3. The standard InChI is InChI=1S/C4H9N3O3/c5-6-1-3(2-8)7-4(9)10/h2-3,6-7H,1,5H2,(H,9,10). The Morgan fingerprint density at radius 3 is 2.70 bits per heavy atom. The van der Waals surface area contributed by atoms with Crippen molar-refractivity contribution in [2.45, 2.75) is 6.04 Å². The van der Waals surface area contributed by atoms with Crippen LogP contribution < -0.4 is 16.6 Å². The van der Waals surface area contributed by atoms with Crippen molar-refractivity contribution in [2.24, 2.45) is 5.84 Å². The number of carbonyl (C=O) groups excluding carboxylic acids is 1. The summed E-state index contributed by atoms with van der Waals surface area (Å²) in [4.78, 5) is 19.9. The van der Waals surface area contributed by atoms with Crippen molar-refractivity contribution >= 4 is 12.4 Å². The first-order valence-electron chi connectivity index (χ1n) is 2.59. The molecule has 0 bridgehead atoms. The summed E-state index contributed by atoms with van der Waals surface area (Å²) in [5, 5.41) is 10.0.